The molecule has 0 fully saturated rings. The second-order valence-corrected chi connectivity index (χ2v) is 24.8. The number of hydrogen-bond donors (Lipinski definition) is 3. The smallest absolute Gasteiger partial charge is 0.462 e. The first-order chi connectivity index (χ1) is 37.5. The average molecular weight is 1160 g/mol. The molecule has 0 aliphatic heterocycles. The van der Waals surface area contributed by atoms with Gasteiger partial charge in [0.2, 0.25) is 0 Å². The Labute approximate surface area is 473 Å². The van der Waals surface area contributed by atoms with Crippen LogP contribution in [0.1, 0.15) is 291 Å². The summed E-state index contributed by atoms with van der Waals surface area (Å²) in [4.78, 5) is 71.6. The molecule has 0 aromatic heterocycles. The highest BCUT2D eigenvalue weighted by atomic mass is 31.2. The minimum absolute atomic E-state index is 0.103. The van der Waals surface area contributed by atoms with Crippen LogP contribution in [0, 0.1) is 5.92 Å². The summed E-state index contributed by atoms with van der Waals surface area (Å²) in [5.41, 5.74) is 0. The van der Waals surface area contributed by atoms with Crippen molar-refractivity contribution < 1.29 is 80.2 Å². The van der Waals surface area contributed by atoms with Gasteiger partial charge in [-0.25, -0.2) is 9.13 Å². The molecule has 0 aromatic carbocycles. The molecule has 19 heteroatoms. The average Bonchev–Trinajstić information content (AvgIpc) is 3.40. The number of hydrogen-bond acceptors (Lipinski definition) is 15. The third-order valence-electron chi connectivity index (χ3n) is 13.5. The second kappa shape index (κ2) is 53.1. The van der Waals surface area contributed by atoms with Crippen LogP contribution in [0.2, 0.25) is 0 Å². The van der Waals surface area contributed by atoms with E-state index < -0.39 is 97.5 Å². The third-order valence-corrected chi connectivity index (χ3v) is 15.4. The van der Waals surface area contributed by atoms with E-state index in [0.717, 1.165) is 116 Å². The summed E-state index contributed by atoms with van der Waals surface area (Å²) in [7, 11) is -9.86. The lowest BCUT2D eigenvalue weighted by atomic mass is 10.0. The monoisotopic (exact) mass is 1160 g/mol. The van der Waals surface area contributed by atoms with Crippen molar-refractivity contribution in [2.75, 3.05) is 39.6 Å². The van der Waals surface area contributed by atoms with Gasteiger partial charge in [-0.2, -0.15) is 0 Å². The number of rotatable bonds is 59. The molecular weight excluding hydrogens is 1040 g/mol. The molecule has 3 N–H and O–H groups in total. The van der Waals surface area contributed by atoms with Crippen LogP contribution in [0.4, 0.5) is 0 Å². The number of unbranched alkanes of at least 4 members (excludes halogenated alkanes) is 31. The van der Waals surface area contributed by atoms with Crippen LogP contribution in [0.5, 0.6) is 0 Å². The van der Waals surface area contributed by atoms with E-state index in [2.05, 4.69) is 34.6 Å². The summed E-state index contributed by atoms with van der Waals surface area (Å²) in [6.07, 6.45) is 35.4. The van der Waals surface area contributed by atoms with E-state index in [-0.39, 0.29) is 25.7 Å². The second-order valence-electron chi connectivity index (χ2n) is 21.9. The highest BCUT2D eigenvalue weighted by molar-refractivity contribution is 7.47. The van der Waals surface area contributed by atoms with Gasteiger partial charge in [0.1, 0.15) is 19.3 Å². The lowest BCUT2D eigenvalue weighted by Crippen LogP contribution is -2.30. The molecule has 5 atom stereocenters. The Morgan fingerprint density at radius 2 is 0.590 bits per heavy atom. The van der Waals surface area contributed by atoms with Crippen LogP contribution in [0.15, 0.2) is 0 Å². The summed E-state index contributed by atoms with van der Waals surface area (Å²) in [5.74, 6) is -1.45. The molecule has 0 aliphatic carbocycles. The summed E-state index contributed by atoms with van der Waals surface area (Å²) < 4.78 is 67.5. The zero-order valence-electron chi connectivity index (χ0n) is 49.8. The molecule has 0 aliphatic rings. The van der Waals surface area contributed by atoms with E-state index in [1.165, 1.54) is 89.9 Å². The minimum Gasteiger partial charge on any atom is -0.462 e. The Kier molecular flexibility index (Phi) is 51.8. The van der Waals surface area contributed by atoms with Crippen LogP contribution in [0.3, 0.4) is 0 Å². The number of esters is 4. The van der Waals surface area contributed by atoms with Crippen molar-refractivity contribution in [3.05, 3.63) is 0 Å². The van der Waals surface area contributed by atoms with E-state index in [0.29, 0.717) is 31.6 Å². The van der Waals surface area contributed by atoms with Crippen molar-refractivity contribution in [3.63, 3.8) is 0 Å². The van der Waals surface area contributed by atoms with Gasteiger partial charge < -0.3 is 33.8 Å². The maximum atomic E-state index is 12.9. The van der Waals surface area contributed by atoms with Crippen LogP contribution in [-0.4, -0.2) is 96.7 Å². The first-order valence-electron chi connectivity index (χ1n) is 31.1. The molecule has 0 bridgehead atoms. The fraction of sp³-hybridized carbons (Fsp3) is 0.932. The number of aliphatic hydroxyl groups excluding tert-OH is 1. The summed E-state index contributed by atoms with van der Waals surface area (Å²) in [6, 6.07) is 0. The van der Waals surface area contributed by atoms with E-state index >= 15 is 0 Å². The predicted octanol–water partition coefficient (Wildman–Crippen LogP) is 15.8. The Balaban J connectivity index is 5.13. The molecule has 0 radical (unpaired) electrons. The summed E-state index contributed by atoms with van der Waals surface area (Å²) in [6.45, 7) is 6.97. The maximum absolute atomic E-state index is 12.9. The van der Waals surface area contributed by atoms with Crippen LogP contribution >= 0.6 is 15.6 Å². The first-order valence-corrected chi connectivity index (χ1v) is 34.1. The van der Waals surface area contributed by atoms with Gasteiger partial charge in [0.05, 0.1) is 26.4 Å². The van der Waals surface area contributed by atoms with Gasteiger partial charge in [-0.15, -0.1) is 0 Å². The lowest BCUT2D eigenvalue weighted by molar-refractivity contribution is -0.161. The maximum Gasteiger partial charge on any atom is 0.472 e. The lowest BCUT2D eigenvalue weighted by Gasteiger charge is -2.21. The van der Waals surface area contributed by atoms with E-state index in [9.17, 15) is 43.2 Å². The van der Waals surface area contributed by atoms with Crippen LogP contribution in [-0.2, 0) is 65.4 Å². The van der Waals surface area contributed by atoms with Crippen molar-refractivity contribution >= 4 is 39.5 Å². The highest BCUT2D eigenvalue weighted by Gasteiger charge is 2.30. The zero-order valence-corrected chi connectivity index (χ0v) is 51.6. The molecule has 0 saturated carbocycles. The van der Waals surface area contributed by atoms with Crippen molar-refractivity contribution in [3.8, 4) is 0 Å². The molecule has 0 aromatic rings. The van der Waals surface area contributed by atoms with Gasteiger partial charge >= 0.3 is 39.5 Å². The molecule has 0 rings (SSSR count). The largest absolute Gasteiger partial charge is 0.472 e. The van der Waals surface area contributed by atoms with Crippen molar-refractivity contribution in [1.29, 1.82) is 0 Å². The fourth-order valence-electron chi connectivity index (χ4n) is 8.70. The summed E-state index contributed by atoms with van der Waals surface area (Å²) in [5, 5.41) is 10.5. The highest BCUT2D eigenvalue weighted by Crippen LogP contribution is 2.45. The van der Waals surface area contributed by atoms with E-state index in [1.807, 2.05) is 0 Å². The third kappa shape index (κ3) is 53.4. The number of carbonyl (C=O) groups is 4. The number of phosphoric acid groups is 2. The molecule has 0 amide bonds. The molecule has 0 saturated heterocycles. The molecule has 0 heterocycles. The number of aliphatic hydroxyl groups is 1. The van der Waals surface area contributed by atoms with Crippen LogP contribution in [0.25, 0.3) is 0 Å². The molecule has 78 heavy (non-hydrogen) atoms. The Bertz CT molecular complexity index is 1530. The topological polar surface area (TPSA) is 237 Å². The molecule has 0 spiro atoms. The SMILES string of the molecule is CCCCCCCCCCCCCCCCCCC(=O)O[C@H](COC(=O)CCCCCCCCCC(C)C)COP(=O)(O)OC[C@@H](O)COP(=O)(O)OC[C@@H](COC(=O)CCCCCCC)OC(=O)CCCCCCCCC. The number of carbonyl (C=O) groups excluding carboxylic acids is 4. The van der Waals surface area contributed by atoms with Gasteiger partial charge in [0.25, 0.3) is 0 Å². The Morgan fingerprint density at radius 3 is 0.872 bits per heavy atom. The first kappa shape index (κ1) is 76.1. The van der Waals surface area contributed by atoms with Gasteiger partial charge in [-0.3, -0.25) is 37.3 Å². The summed E-state index contributed by atoms with van der Waals surface area (Å²) >= 11 is 0. The normalized spacial score (nSPS) is 14.4. The molecule has 17 nitrogen and oxygen atoms in total. The van der Waals surface area contributed by atoms with Crippen molar-refractivity contribution in [2.24, 2.45) is 5.92 Å². The van der Waals surface area contributed by atoms with Gasteiger partial charge in [0, 0.05) is 25.7 Å². The standard InChI is InChI=1S/C59H114O17P2/c1-6-9-12-15-17-18-19-20-21-22-23-24-25-29-35-40-45-59(64)76-55(49-70-57(62)43-38-33-30-26-28-32-36-41-52(4)5)51-74-78(67,68)72-47-53(60)46-71-77(65,66)73-50-54(48-69-56(61)42-37-31-14-11-8-3)75-58(63)44-39-34-27-16-13-10-7-2/h52-55,60H,6-51H2,1-5H3,(H,65,66)(H,67,68)/t53-,54+,55+/m0/s1. The fourth-order valence-corrected chi connectivity index (χ4v) is 10.3. The Morgan fingerprint density at radius 1 is 0.346 bits per heavy atom. The van der Waals surface area contributed by atoms with Crippen molar-refractivity contribution in [2.45, 2.75) is 310 Å². The van der Waals surface area contributed by atoms with E-state index in [1.54, 1.807) is 0 Å². The predicted molar refractivity (Wildman–Crippen MR) is 308 cm³/mol. The Hall–Kier alpha value is -1.94. The molecule has 2 unspecified atom stereocenters. The number of phosphoric ester groups is 2. The van der Waals surface area contributed by atoms with Gasteiger partial charge in [0.15, 0.2) is 12.2 Å². The molecule has 462 valence electrons. The zero-order chi connectivity index (χ0) is 57.8. The molecular formula is C59H114O17P2. The number of ether oxygens (including phenoxy) is 4. The minimum atomic E-state index is -4.94. The van der Waals surface area contributed by atoms with Gasteiger partial charge in [-0.1, -0.05) is 240 Å². The quantitative estimate of drug-likeness (QED) is 0.0222. The van der Waals surface area contributed by atoms with Crippen molar-refractivity contribution in [1.82, 2.24) is 0 Å². The van der Waals surface area contributed by atoms with Crippen LogP contribution < -0.4 is 0 Å². The van der Waals surface area contributed by atoms with E-state index in [4.69, 9.17) is 37.0 Å². The van der Waals surface area contributed by atoms with Gasteiger partial charge in [-0.05, 0) is 31.6 Å².